The number of hydrogen-bond acceptors (Lipinski definition) is 2. The topological polar surface area (TPSA) is 24.1 Å². The maximum absolute atomic E-state index is 3.94. The molecule has 0 radical (unpaired) electrons. The van der Waals surface area contributed by atoms with Crippen LogP contribution in [0.3, 0.4) is 0 Å². The molecule has 0 aromatic heterocycles. The molecule has 2 nitrogen and oxygen atoms in total. The third kappa shape index (κ3) is 4.95. The van der Waals surface area contributed by atoms with Crippen molar-refractivity contribution in [3.05, 3.63) is 0 Å². The Bertz CT molecular complexity index is 333. The SMILES string of the molecule is CCCCCCCCCC1CCC2(CC1)NC(C)(C)C(C)(C)N2. The summed E-state index contributed by atoms with van der Waals surface area (Å²) in [5.41, 5.74) is 0.570. The van der Waals surface area contributed by atoms with Gasteiger partial charge >= 0.3 is 0 Å². The van der Waals surface area contributed by atoms with E-state index >= 15 is 0 Å². The molecule has 0 unspecified atom stereocenters. The summed E-state index contributed by atoms with van der Waals surface area (Å²) in [6.07, 6.45) is 17.0. The van der Waals surface area contributed by atoms with E-state index in [0.29, 0.717) is 0 Å². The van der Waals surface area contributed by atoms with E-state index in [-0.39, 0.29) is 16.7 Å². The van der Waals surface area contributed by atoms with Gasteiger partial charge in [-0.3, -0.25) is 10.6 Å². The van der Waals surface area contributed by atoms with Crippen LogP contribution in [0.25, 0.3) is 0 Å². The normalized spacial score (nSPS) is 26.0. The van der Waals surface area contributed by atoms with E-state index in [4.69, 9.17) is 0 Å². The molecule has 2 rings (SSSR count). The Morgan fingerprint density at radius 1 is 0.739 bits per heavy atom. The van der Waals surface area contributed by atoms with E-state index in [1.54, 1.807) is 0 Å². The molecule has 0 amide bonds. The third-order valence-corrected chi connectivity index (χ3v) is 6.84. The first-order valence-corrected chi connectivity index (χ1v) is 10.4. The van der Waals surface area contributed by atoms with Crippen LogP contribution in [-0.4, -0.2) is 16.7 Å². The Balaban J connectivity index is 1.63. The molecule has 1 aliphatic heterocycles. The van der Waals surface area contributed by atoms with Crippen LogP contribution in [0.15, 0.2) is 0 Å². The summed E-state index contributed by atoms with van der Waals surface area (Å²) < 4.78 is 0. The Labute approximate surface area is 145 Å². The molecule has 0 aromatic carbocycles. The van der Waals surface area contributed by atoms with Gasteiger partial charge in [-0.2, -0.15) is 0 Å². The van der Waals surface area contributed by atoms with Gasteiger partial charge in [0.05, 0.1) is 5.66 Å². The van der Waals surface area contributed by atoms with E-state index in [0.717, 1.165) is 5.92 Å². The second-order valence-corrected chi connectivity index (χ2v) is 9.44. The van der Waals surface area contributed by atoms with Gasteiger partial charge in [0, 0.05) is 11.1 Å². The van der Waals surface area contributed by atoms with Crippen LogP contribution in [-0.2, 0) is 0 Å². The lowest BCUT2D eigenvalue weighted by atomic mass is 9.79. The molecule has 1 heterocycles. The zero-order valence-electron chi connectivity index (χ0n) is 16.6. The smallest absolute Gasteiger partial charge is 0.0696 e. The molecule has 2 aliphatic rings. The van der Waals surface area contributed by atoms with Crippen molar-refractivity contribution in [1.29, 1.82) is 0 Å². The van der Waals surface area contributed by atoms with Gasteiger partial charge in [-0.05, 0) is 59.3 Å². The van der Waals surface area contributed by atoms with E-state index in [9.17, 15) is 0 Å². The van der Waals surface area contributed by atoms with Crippen LogP contribution >= 0.6 is 0 Å². The molecule has 1 saturated carbocycles. The summed E-state index contributed by atoms with van der Waals surface area (Å²) >= 11 is 0. The number of hydrogen-bond donors (Lipinski definition) is 2. The van der Waals surface area contributed by atoms with Crippen molar-refractivity contribution in [2.24, 2.45) is 5.92 Å². The minimum absolute atomic E-state index is 0.179. The van der Waals surface area contributed by atoms with Crippen molar-refractivity contribution in [1.82, 2.24) is 10.6 Å². The third-order valence-electron chi connectivity index (χ3n) is 6.84. The minimum atomic E-state index is 0.179. The molecule has 136 valence electrons. The Morgan fingerprint density at radius 2 is 1.22 bits per heavy atom. The van der Waals surface area contributed by atoms with Gasteiger partial charge < -0.3 is 0 Å². The van der Waals surface area contributed by atoms with E-state index in [1.807, 2.05) is 0 Å². The Morgan fingerprint density at radius 3 is 1.74 bits per heavy atom. The predicted octanol–water partition coefficient (Wildman–Crippen LogP) is 5.76. The average Bonchev–Trinajstić information content (AvgIpc) is 2.64. The molecule has 23 heavy (non-hydrogen) atoms. The molecular formula is C21H42N2. The highest BCUT2D eigenvalue weighted by molar-refractivity contribution is 5.14. The van der Waals surface area contributed by atoms with E-state index in [1.165, 1.54) is 77.0 Å². The lowest BCUT2D eigenvalue weighted by Crippen LogP contribution is -2.54. The molecule has 0 bridgehead atoms. The predicted molar refractivity (Wildman–Crippen MR) is 102 cm³/mol. The number of unbranched alkanes of at least 4 members (excludes halogenated alkanes) is 6. The number of nitrogens with one attached hydrogen (secondary N) is 2. The number of rotatable bonds is 8. The molecule has 1 spiro atoms. The summed E-state index contributed by atoms with van der Waals surface area (Å²) in [6, 6.07) is 0. The molecule has 1 aliphatic carbocycles. The van der Waals surface area contributed by atoms with Crippen molar-refractivity contribution in [3.8, 4) is 0 Å². The van der Waals surface area contributed by atoms with Gasteiger partial charge in [-0.25, -0.2) is 0 Å². The molecule has 0 atom stereocenters. The second kappa shape index (κ2) is 7.87. The molecule has 2 fully saturated rings. The van der Waals surface area contributed by atoms with Crippen LogP contribution in [0, 0.1) is 5.92 Å². The van der Waals surface area contributed by atoms with Gasteiger partial charge in [0.25, 0.3) is 0 Å². The highest BCUT2D eigenvalue weighted by Gasteiger charge is 2.53. The van der Waals surface area contributed by atoms with Crippen molar-refractivity contribution < 1.29 is 0 Å². The lowest BCUT2D eigenvalue weighted by molar-refractivity contribution is 0.165. The lowest BCUT2D eigenvalue weighted by Gasteiger charge is -2.39. The van der Waals surface area contributed by atoms with Crippen LogP contribution in [0.2, 0.25) is 0 Å². The van der Waals surface area contributed by atoms with Crippen LogP contribution < -0.4 is 10.6 Å². The summed E-state index contributed by atoms with van der Waals surface area (Å²) in [5.74, 6) is 0.978. The monoisotopic (exact) mass is 322 g/mol. The van der Waals surface area contributed by atoms with Crippen molar-refractivity contribution >= 4 is 0 Å². The minimum Gasteiger partial charge on any atom is -0.292 e. The van der Waals surface area contributed by atoms with Gasteiger partial charge in [-0.1, -0.05) is 58.3 Å². The fraction of sp³-hybridized carbons (Fsp3) is 1.00. The van der Waals surface area contributed by atoms with Gasteiger partial charge in [0.15, 0.2) is 0 Å². The Kier molecular flexibility index (Phi) is 6.58. The van der Waals surface area contributed by atoms with Crippen LogP contribution in [0.5, 0.6) is 0 Å². The first kappa shape index (κ1) is 19.2. The molecule has 2 N–H and O–H groups in total. The van der Waals surface area contributed by atoms with Crippen molar-refractivity contribution in [2.75, 3.05) is 0 Å². The standard InChI is InChI=1S/C21H42N2/c1-6-7-8-9-10-11-12-13-18-14-16-21(17-15-18)22-19(2,3)20(4,5)23-21/h18,22-23H,6-17H2,1-5H3. The molecule has 2 heteroatoms. The van der Waals surface area contributed by atoms with E-state index in [2.05, 4.69) is 45.3 Å². The largest absolute Gasteiger partial charge is 0.292 e. The highest BCUT2D eigenvalue weighted by Crippen LogP contribution is 2.41. The fourth-order valence-electron chi connectivity index (χ4n) is 4.64. The highest BCUT2D eigenvalue weighted by atomic mass is 15.3. The van der Waals surface area contributed by atoms with Crippen LogP contribution in [0.4, 0.5) is 0 Å². The quantitative estimate of drug-likeness (QED) is 0.555. The van der Waals surface area contributed by atoms with Gasteiger partial charge in [0.2, 0.25) is 0 Å². The van der Waals surface area contributed by atoms with Crippen molar-refractivity contribution in [2.45, 2.75) is 128 Å². The van der Waals surface area contributed by atoms with Gasteiger partial charge in [-0.15, -0.1) is 0 Å². The molecule has 0 aromatic rings. The summed E-state index contributed by atoms with van der Waals surface area (Å²) in [6.45, 7) is 11.7. The maximum atomic E-state index is 3.94. The van der Waals surface area contributed by atoms with Crippen LogP contribution in [0.1, 0.15) is 112 Å². The zero-order valence-corrected chi connectivity index (χ0v) is 16.6. The second-order valence-electron chi connectivity index (χ2n) is 9.44. The fourth-order valence-corrected chi connectivity index (χ4v) is 4.64. The van der Waals surface area contributed by atoms with Crippen molar-refractivity contribution in [3.63, 3.8) is 0 Å². The van der Waals surface area contributed by atoms with Gasteiger partial charge in [0.1, 0.15) is 0 Å². The summed E-state index contributed by atoms with van der Waals surface area (Å²) in [7, 11) is 0. The average molecular weight is 323 g/mol. The summed E-state index contributed by atoms with van der Waals surface area (Å²) in [5, 5.41) is 7.88. The summed E-state index contributed by atoms with van der Waals surface area (Å²) in [4.78, 5) is 0. The first-order valence-electron chi connectivity index (χ1n) is 10.4. The first-order chi connectivity index (χ1) is 10.8. The molecular weight excluding hydrogens is 280 g/mol. The maximum Gasteiger partial charge on any atom is 0.0696 e. The van der Waals surface area contributed by atoms with E-state index < -0.39 is 0 Å². The zero-order chi connectivity index (χ0) is 17.0. The Hall–Kier alpha value is -0.0800. The molecule has 1 saturated heterocycles.